The Hall–Kier alpha value is -3.25. The maximum atomic E-state index is 12.3. The number of pyridine rings is 2. The molecule has 2 heterocycles. The number of hydrogen-bond acceptors (Lipinski definition) is 5. The molecule has 1 aromatic carbocycles. The van der Waals surface area contributed by atoms with Crippen LogP contribution in [-0.2, 0) is 4.79 Å². The summed E-state index contributed by atoms with van der Waals surface area (Å²) >= 11 is 0. The van der Waals surface area contributed by atoms with Crippen molar-refractivity contribution in [1.82, 2.24) is 15.3 Å². The molecule has 0 saturated carbocycles. The quantitative estimate of drug-likeness (QED) is 0.687. The van der Waals surface area contributed by atoms with E-state index < -0.39 is 0 Å². The van der Waals surface area contributed by atoms with Crippen molar-refractivity contribution in [3.05, 3.63) is 84.4 Å². The predicted molar refractivity (Wildman–Crippen MR) is 99.9 cm³/mol. The van der Waals surface area contributed by atoms with Crippen molar-refractivity contribution in [3.63, 3.8) is 0 Å². The second kappa shape index (κ2) is 8.73. The molecular formula is C20H20N4O2. The van der Waals surface area contributed by atoms with Crippen molar-refractivity contribution in [1.29, 1.82) is 0 Å². The number of rotatable bonds is 7. The normalized spacial score (nSPS) is 11.6. The van der Waals surface area contributed by atoms with Gasteiger partial charge >= 0.3 is 0 Å². The first-order valence-corrected chi connectivity index (χ1v) is 8.23. The van der Waals surface area contributed by atoms with E-state index in [-0.39, 0.29) is 18.5 Å². The van der Waals surface area contributed by atoms with Gasteiger partial charge in [0.05, 0.1) is 37.8 Å². The summed E-state index contributed by atoms with van der Waals surface area (Å²) in [6.07, 6.45) is 6.69. The fourth-order valence-electron chi connectivity index (χ4n) is 2.62. The van der Waals surface area contributed by atoms with Gasteiger partial charge in [0, 0.05) is 18.5 Å². The van der Waals surface area contributed by atoms with Crippen LogP contribution in [0.2, 0.25) is 0 Å². The Morgan fingerprint density at radius 3 is 2.58 bits per heavy atom. The van der Waals surface area contributed by atoms with E-state index in [9.17, 15) is 4.79 Å². The standard InChI is InChI=1S/C20H20N4O2/c1-26-18-10-17(12-22-13-18)24-19(25)14-23-20(15-6-3-2-4-7-15)16-8-5-9-21-11-16/h2-13,20,23H,14H2,1H3,(H,24,25). The van der Waals surface area contributed by atoms with Crippen LogP contribution in [0.15, 0.2) is 73.3 Å². The highest BCUT2D eigenvalue weighted by molar-refractivity contribution is 5.92. The number of carbonyl (C=O) groups excluding carboxylic acids is 1. The van der Waals surface area contributed by atoms with Crippen molar-refractivity contribution in [2.24, 2.45) is 0 Å². The summed E-state index contributed by atoms with van der Waals surface area (Å²) in [6, 6.07) is 15.4. The molecule has 0 spiro atoms. The molecule has 1 atom stereocenters. The van der Waals surface area contributed by atoms with Crippen molar-refractivity contribution < 1.29 is 9.53 Å². The zero-order valence-corrected chi connectivity index (χ0v) is 14.4. The van der Waals surface area contributed by atoms with Crippen LogP contribution in [0.1, 0.15) is 17.2 Å². The smallest absolute Gasteiger partial charge is 0.238 e. The minimum atomic E-state index is -0.162. The molecule has 6 nitrogen and oxygen atoms in total. The number of ether oxygens (including phenoxy) is 1. The third-order valence-electron chi connectivity index (χ3n) is 3.85. The Bertz CT molecular complexity index is 801. The van der Waals surface area contributed by atoms with Crippen LogP contribution in [0.4, 0.5) is 5.69 Å². The third-order valence-corrected chi connectivity index (χ3v) is 3.85. The van der Waals surface area contributed by atoms with Crippen molar-refractivity contribution in [3.8, 4) is 5.75 Å². The van der Waals surface area contributed by atoms with Crippen LogP contribution in [0, 0.1) is 0 Å². The van der Waals surface area contributed by atoms with E-state index in [1.165, 1.54) is 0 Å². The fourth-order valence-corrected chi connectivity index (χ4v) is 2.62. The van der Waals surface area contributed by atoms with E-state index >= 15 is 0 Å². The van der Waals surface area contributed by atoms with Gasteiger partial charge in [0.15, 0.2) is 0 Å². The molecule has 132 valence electrons. The molecule has 2 aromatic heterocycles. The van der Waals surface area contributed by atoms with E-state index in [4.69, 9.17) is 4.74 Å². The largest absolute Gasteiger partial charge is 0.495 e. The molecule has 3 rings (SSSR count). The zero-order valence-electron chi connectivity index (χ0n) is 14.4. The van der Waals surface area contributed by atoms with Crippen LogP contribution < -0.4 is 15.4 Å². The second-order valence-corrected chi connectivity index (χ2v) is 5.67. The van der Waals surface area contributed by atoms with E-state index in [1.54, 1.807) is 38.0 Å². The molecule has 0 aliphatic rings. The van der Waals surface area contributed by atoms with Gasteiger partial charge in [0.25, 0.3) is 0 Å². The molecule has 0 aliphatic heterocycles. The maximum absolute atomic E-state index is 12.3. The van der Waals surface area contributed by atoms with E-state index in [0.717, 1.165) is 11.1 Å². The monoisotopic (exact) mass is 348 g/mol. The number of nitrogens with one attached hydrogen (secondary N) is 2. The summed E-state index contributed by atoms with van der Waals surface area (Å²) in [4.78, 5) is 20.5. The van der Waals surface area contributed by atoms with Crippen molar-refractivity contribution >= 4 is 11.6 Å². The Balaban J connectivity index is 1.68. The van der Waals surface area contributed by atoms with Crippen molar-refractivity contribution in [2.45, 2.75) is 6.04 Å². The number of aromatic nitrogens is 2. The molecule has 1 unspecified atom stereocenters. The van der Waals surface area contributed by atoms with Gasteiger partial charge in [-0.05, 0) is 17.2 Å². The number of nitrogens with zero attached hydrogens (tertiary/aromatic N) is 2. The average molecular weight is 348 g/mol. The first kappa shape index (κ1) is 17.6. The van der Waals surface area contributed by atoms with E-state index in [1.807, 2.05) is 42.5 Å². The molecule has 6 heteroatoms. The van der Waals surface area contributed by atoms with Crippen LogP contribution in [0.3, 0.4) is 0 Å². The van der Waals surface area contributed by atoms with Gasteiger partial charge in [-0.25, -0.2) is 0 Å². The summed E-state index contributed by atoms with van der Waals surface area (Å²) in [7, 11) is 1.56. The molecule has 1 amide bonds. The fraction of sp³-hybridized carbons (Fsp3) is 0.150. The molecule has 0 aliphatic carbocycles. The summed E-state index contributed by atoms with van der Waals surface area (Å²) in [6.45, 7) is 0.145. The van der Waals surface area contributed by atoms with E-state index in [2.05, 4.69) is 20.6 Å². The lowest BCUT2D eigenvalue weighted by atomic mass is 10.0. The predicted octanol–water partition coefficient (Wildman–Crippen LogP) is 2.80. The number of hydrogen-bond donors (Lipinski definition) is 2. The molecular weight excluding hydrogens is 328 g/mol. The summed E-state index contributed by atoms with van der Waals surface area (Å²) < 4.78 is 5.11. The van der Waals surface area contributed by atoms with Gasteiger partial charge in [-0.2, -0.15) is 0 Å². The zero-order chi connectivity index (χ0) is 18.2. The van der Waals surface area contributed by atoms with E-state index in [0.29, 0.717) is 11.4 Å². The molecule has 26 heavy (non-hydrogen) atoms. The van der Waals surface area contributed by atoms with Crippen LogP contribution in [-0.4, -0.2) is 29.5 Å². The minimum Gasteiger partial charge on any atom is -0.495 e. The highest BCUT2D eigenvalue weighted by Gasteiger charge is 2.15. The van der Waals surface area contributed by atoms with Crippen LogP contribution in [0.5, 0.6) is 5.75 Å². The number of anilines is 1. The summed E-state index contributed by atoms with van der Waals surface area (Å²) in [5.41, 5.74) is 2.65. The third kappa shape index (κ3) is 4.64. The topological polar surface area (TPSA) is 76.1 Å². The Morgan fingerprint density at radius 1 is 1.04 bits per heavy atom. The Kier molecular flexibility index (Phi) is 5.90. The SMILES string of the molecule is COc1cncc(NC(=O)CNC(c2ccccc2)c2cccnc2)c1. The van der Waals surface area contributed by atoms with Gasteiger partial charge in [0.1, 0.15) is 5.75 Å². The maximum Gasteiger partial charge on any atom is 0.238 e. The molecule has 0 fully saturated rings. The number of methoxy groups -OCH3 is 1. The highest BCUT2D eigenvalue weighted by Crippen LogP contribution is 2.21. The molecule has 0 saturated heterocycles. The molecule has 2 N–H and O–H groups in total. The van der Waals surface area contributed by atoms with Gasteiger partial charge in [-0.3, -0.25) is 20.1 Å². The number of benzene rings is 1. The summed E-state index contributed by atoms with van der Waals surface area (Å²) in [5, 5.41) is 6.11. The van der Waals surface area contributed by atoms with Gasteiger partial charge in [-0.15, -0.1) is 0 Å². The second-order valence-electron chi connectivity index (χ2n) is 5.67. The average Bonchev–Trinajstić information content (AvgIpc) is 2.70. The van der Waals surface area contributed by atoms with Gasteiger partial charge in [0.2, 0.25) is 5.91 Å². The van der Waals surface area contributed by atoms with Crippen LogP contribution >= 0.6 is 0 Å². The Morgan fingerprint density at radius 2 is 1.85 bits per heavy atom. The summed E-state index contributed by atoms with van der Waals surface area (Å²) in [5.74, 6) is 0.429. The molecule has 0 bridgehead atoms. The number of carbonyl (C=O) groups is 1. The highest BCUT2D eigenvalue weighted by atomic mass is 16.5. The van der Waals surface area contributed by atoms with Gasteiger partial charge < -0.3 is 10.1 Å². The van der Waals surface area contributed by atoms with Crippen LogP contribution in [0.25, 0.3) is 0 Å². The lowest BCUT2D eigenvalue weighted by molar-refractivity contribution is -0.115. The minimum absolute atomic E-state index is 0.126. The Labute approximate surface area is 152 Å². The lowest BCUT2D eigenvalue weighted by Gasteiger charge is -2.19. The lowest BCUT2D eigenvalue weighted by Crippen LogP contribution is -2.32. The van der Waals surface area contributed by atoms with Gasteiger partial charge in [-0.1, -0.05) is 36.4 Å². The molecule has 3 aromatic rings. The first-order valence-electron chi connectivity index (χ1n) is 8.23. The number of amides is 1. The van der Waals surface area contributed by atoms with Crippen molar-refractivity contribution in [2.75, 3.05) is 19.0 Å². The molecule has 0 radical (unpaired) electrons. The first-order chi connectivity index (χ1) is 12.8.